The molecule has 3 amide bonds. The van der Waals surface area contributed by atoms with Gasteiger partial charge < -0.3 is 15.1 Å². The first-order valence-corrected chi connectivity index (χ1v) is 10.0. The number of thiophene rings is 1. The fourth-order valence-electron chi connectivity index (χ4n) is 3.84. The molecule has 0 saturated carbocycles. The van der Waals surface area contributed by atoms with Crippen molar-refractivity contribution in [3.63, 3.8) is 0 Å². The number of hydrogen-bond donors (Lipinski definition) is 1. The van der Waals surface area contributed by atoms with Gasteiger partial charge in [0.1, 0.15) is 0 Å². The predicted octanol–water partition coefficient (Wildman–Crippen LogP) is 3.26. The molecular weight excluding hydrogens is 346 g/mol. The number of para-hydroxylation sites is 1. The third kappa shape index (κ3) is 3.46. The Morgan fingerprint density at radius 3 is 2.88 bits per heavy atom. The highest BCUT2D eigenvalue weighted by Crippen LogP contribution is 2.30. The summed E-state index contributed by atoms with van der Waals surface area (Å²) >= 11 is 1.63. The van der Waals surface area contributed by atoms with E-state index in [0.29, 0.717) is 13.1 Å². The number of anilines is 1. The van der Waals surface area contributed by atoms with Gasteiger partial charge in [-0.25, -0.2) is 4.79 Å². The standard InChI is InChI=1S/C20H23N3O2S/c24-19(23-11-9-15-5-1-2-8-18(15)23)16-6-3-10-22(14-16)20(25)21-13-17-7-4-12-26-17/h1-2,4-5,7-8,12,16H,3,6,9-11,13-14H2,(H,21,25). The molecule has 1 atom stereocenters. The molecule has 1 unspecified atom stereocenters. The zero-order chi connectivity index (χ0) is 17.9. The number of urea groups is 1. The van der Waals surface area contributed by atoms with Crippen molar-refractivity contribution in [3.05, 3.63) is 52.2 Å². The lowest BCUT2D eigenvalue weighted by atomic mass is 9.96. The number of rotatable bonds is 3. The van der Waals surface area contributed by atoms with E-state index in [0.717, 1.165) is 42.9 Å². The van der Waals surface area contributed by atoms with Gasteiger partial charge >= 0.3 is 6.03 Å². The Balaban J connectivity index is 1.37. The Bertz CT molecular complexity index is 790. The molecule has 1 N–H and O–H groups in total. The highest BCUT2D eigenvalue weighted by atomic mass is 32.1. The summed E-state index contributed by atoms with van der Waals surface area (Å²) in [6, 6.07) is 12.0. The van der Waals surface area contributed by atoms with E-state index in [1.54, 1.807) is 16.2 Å². The summed E-state index contributed by atoms with van der Waals surface area (Å²) in [5.41, 5.74) is 2.28. The molecule has 3 heterocycles. The summed E-state index contributed by atoms with van der Waals surface area (Å²) in [6.07, 6.45) is 2.64. The number of likely N-dealkylation sites (tertiary alicyclic amines) is 1. The molecule has 1 saturated heterocycles. The van der Waals surface area contributed by atoms with E-state index >= 15 is 0 Å². The van der Waals surface area contributed by atoms with E-state index in [9.17, 15) is 9.59 Å². The van der Waals surface area contributed by atoms with Crippen LogP contribution in [0.15, 0.2) is 41.8 Å². The molecule has 6 heteroatoms. The second-order valence-corrected chi connectivity index (χ2v) is 7.92. The molecule has 0 spiro atoms. The molecule has 0 bridgehead atoms. The van der Waals surface area contributed by atoms with Crippen molar-refractivity contribution in [2.24, 2.45) is 5.92 Å². The number of carbonyl (C=O) groups is 2. The maximum Gasteiger partial charge on any atom is 0.317 e. The summed E-state index contributed by atoms with van der Waals surface area (Å²) in [4.78, 5) is 30.4. The van der Waals surface area contributed by atoms with Crippen molar-refractivity contribution < 1.29 is 9.59 Å². The molecule has 0 aliphatic carbocycles. The topological polar surface area (TPSA) is 52.7 Å². The Hall–Kier alpha value is -2.34. The van der Waals surface area contributed by atoms with Crippen molar-refractivity contribution in [2.45, 2.75) is 25.8 Å². The van der Waals surface area contributed by atoms with Crippen LogP contribution in [-0.4, -0.2) is 36.5 Å². The molecule has 2 aromatic rings. The minimum atomic E-state index is -0.109. The quantitative estimate of drug-likeness (QED) is 0.903. The molecular formula is C20H23N3O2S. The van der Waals surface area contributed by atoms with Crippen LogP contribution < -0.4 is 10.2 Å². The van der Waals surface area contributed by atoms with Gasteiger partial charge in [-0.05, 0) is 42.3 Å². The Morgan fingerprint density at radius 1 is 1.15 bits per heavy atom. The molecule has 1 aromatic carbocycles. The van der Waals surface area contributed by atoms with Crippen LogP contribution in [0.5, 0.6) is 0 Å². The van der Waals surface area contributed by atoms with Crippen LogP contribution in [-0.2, 0) is 17.8 Å². The number of piperidine rings is 1. The molecule has 4 rings (SSSR count). The van der Waals surface area contributed by atoms with Crippen LogP contribution in [0.1, 0.15) is 23.3 Å². The van der Waals surface area contributed by atoms with E-state index in [1.807, 2.05) is 40.6 Å². The molecule has 5 nitrogen and oxygen atoms in total. The summed E-state index contributed by atoms with van der Waals surface area (Å²) in [6.45, 7) is 2.52. The monoisotopic (exact) mass is 369 g/mol. The van der Waals surface area contributed by atoms with Crippen molar-refractivity contribution in [2.75, 3.05) is 24.5 Å². The highest BCUT2D eigenvalue weighted by molar-refractivity contribution is 7.09. The van der Waals surface area contributed by atoms with E-state index in [1.165, 1.54) is 5.56 Å². The van der Waals surface area contributed by atoms with Crippen molar-refractivity contribution >= 4 is 29.0 Å². The van der Waals surface area contributed by atoms with Crippen LogP contribution >= 0.6 is 11.3 Å². The van der Waals surface area contributed by atoms with Gasteiger partial charge in [0.2, 0.25) is 5.91 Å². The minimum absolute atomic E-state index is 0.0716. The van der Waals surface area contributed by atoms with Crippen LogP contribution in [0.2, 0.25) is 0 Å². The van der Waals surface area contributed by atoms with E-state index in [-0.39, 0.29) is 17.9 Å². The first-order valence-electron chi connectivity index (χ1n) is 9.17. The molecule has 1 fully saturated rings. The fraction of sp³-hybridized carbons (Fsp3) is 0.400. The highest BCUT2D eigenvalue weighted by Gasteiger charge is 2.34. The Morgan fingerprint density at radius 2 is 2.04 bits per heavy atom. The Labute approximate surface area is 157 Å². The molecule has 136 valence electrons. The maximum atomic E-state index is 13.0. The lowest BCUT2D eigenvalue weighted by Crippen LogP contribution is -2.49. The molecule has 1 aromatic heterocycles. The van der Waals surface area contributed by atoms with Gasteiger partial charge in [0.25, 0.3) is 0 Å². The lowest BCUT2D eigenvalue weighted by Gasteiger charge is -2.34. The van der Waals surface area contributed by atoms with Gasteiger partial charge in [0.05, 0.1) is 12.5 Å². The van der Waals surface area contributed by atoms with Gasteiger partial charge in [0.15, 0.2) is 0 Å². The largest absolute Gasteiger partial charge is 0.333 e. The van der Waals surface area contributed by atoms with Crippen LogP contribution in [0, 0.1) is 5.92 Å². The minimum Gasteiger partial charge on any atom is -0.333 e. The average molecular weight is 369 g/mol. The summed E-state index contributed by atoms with van der Waals surface area (Å²) < 4.78 is 0. The van der Waals surface area contributed by atoms with Gasteiger partial charge in [0, 0.05) is 30.2 Å². The van der Waals surface area contributed by atoms with E-state index in [2.05, 4.69) is 11.4 Å². The zero-order valence-electron chi connectivity index (χ0n) is 14.7. The van der Waals surface area contributed by atoms with Crippen LogP contribution in [0.4, 0.5) is 10.5 Å². The van der Waals surface area contributed by atoms with Crippen LogP contribution in [0.25, 0.3) is 0 Å². The second-order valence-electron chi connectivity index (χ2n) is 6.89. The van der Waals surface area contributed by atoms with Crippen molar-refractivity contribution in [1.82, 2.24) is 10.2 Å². The normalized spacial score (nSPS) is 19.3. The Kier molecular flexibility index (Phi) is 4.93. The number of carbonyl (C=O) groups excluding carboxylic acids is 2. The van der Waals surface area contributed by atoms with E-state index < -0.39 is 0 Å². The number of fused-ring (bicyclic) bond motifs is 1. The van der Waals surface area contributed by atoms with Crippen molar-refractivity contribution in [3.8, 4) is 0 Å². The van der Waals surface area contributed by atoms with Gasteiger partial charge in [-0.15, -0.1) is 11.3 Å². The molecule has 0 radical (unpaired) electrons. The van der Waals surface area contributed by atoms with Crippen molar-refractivity contribution in [1.29, 1.82) is 0 Å². The third-order valence-corrected chi connectivity index (χ3v) is 6.08. The zero-order valence-corrected chi connectivity index (χ0v) is 15.5. The number of nitrogens with one attached hydrogen (secondary N) is 1. The second kappa shape index (κ2) is 7.50. The predicted molar refractivity (Wildman–Crippen MR) is 103 cm³/mol. The average Bonchev–Trinajstić information content (AvgIpc) is 3.35. The fourth-order valence-corrected chi connectivity index (χ4v) is 4.48. The van der Waals surface area contributed by atoms with Gasteiger partial charge in [-0.3, -0.25) is 4.79 Å². The smallest absolute Gasteiger partial charge is 0.317 e. The molecule has 2 aliphatic rings. The summed E-state index contributed by atoms with van der Waals surface area (Å²) in [7, 11) is 0. The number of amides is 3. The molecule has 26 heavy (non-hydrogen) atoms. The lowest BCUT2D eigenvalue weighted by molar-refractivity contribution is -0.123. The first-order chi connectivity index (χ1) is 12.7. The number of hydrogen-bond acceptors (Lipinski definition) is 3. The van der Waals surface area contributed by atoms with Gasteiger partial charge in [-0.2, -0.15) is 0 Å². The number of nitrogens with zero attached hydrogens (tertiary/aromatic N) is 2. The third-order valence-electron chi connectivity index (χ3n) is 5.20. The van der Waals surface area contributed by atoms with Crippen LogP contribution in [0.3, 0.4) is 0 Å². The van der Waals surface area contributed by atoms with E-state index in [4.69, 9.17) is 0 Å². The first kappa shape index (κ1) is 17.1. The summed E-state index contributed by atoms with van der Waals surface area (Å²) in [5, 5.41) is 4.98. The molecule has 2 aliphatic heterocycles. The SMILES string of the molecule is O=C(NCc1cccs1)N1CCCC(C(=O)N2CCc3ccccc32)C1. The maximum absolute atomic E-state index is 13.0. The number of benzene rings is 1. The van der Waals surface area contributed by atoms with Gasteiger partial charge in [-0.1, -0.05) is 24.3 Å². The summed E-state index contributed by atoms with van der Waals surface area (Å²) in [5.74, 6) is 0.0492.